The molecule has 1 aromatic heterocycles. The van der Waals surface area contributed by atoms with E-state index in [4.69, 9.17) is 9.47 Å². The number of nitrogens with one attached hydrogen (secondary N) is 1. The lowest BCUT2D eigenvalue weighted by Crippen LogP contribution is -2.34. The van der Waals surface area contributed by atoms with Crippen LogP contribution >= 0.6 is 0 Å². The van der Waals surface area contributed by atoms with E-state index in [1.54, 1.807) is 18.3 Å². The fourth-order valence-corrected chi connectivity index (χ4v) is 2.75. The molecule has 0 saturated carbocycles. The van der Waals surface area contributed by atoms with Crippen LogP contribution < -0.4 is 14.8 Å². The van der Waals surface area contributed by atoms with Crippen LogP contribution in [0.2, 0.25) is 0 Å². The van der Waals surface area contributed by atoms with Crippen molar-refractivity contribution in [2.75, 3.05) is 13.2 Å². The Kier molecular flexibility index (Phi) is 6.10. The number of carbonyl (C=O) groups is 1. The van der Waals surface area contributed by atoms with Crippen LogP contribution in [0.15, 0.2) is 67.0 Å². The summed E-state index contributed by atoms with van der Waals surface area (Å²) in [7, 11) is 1.90. The second-order valence-corrected chi connectivity index (χ2v) is 6.00. The molecule has 1 amide bonds. The third-order valence-corrected chi connectivity index (χ3v) is 4.06. The lowest BCUT2D eigenvalue weighted by Gasteiger charge is -2.19. The summed E-state index contributed by atoms with van der Waals surface area (Å²) in [5.74, 6) is 1.92. The zero-order chi connectivity index (χ0) is 19.1. The maximum atomic E-state index is 12.5. The van der Waals surface area contributed by atoms with E-state index in [-0.39, 0.29) is 18.6 Å². The summed E-state index contributed by atoms with van der Waals surface area (Å²) in [6.45, 7) is 2.46. The van der Waals surface area contributed by atoms with Gasteiger partial charge >= 0.3 is 0 Å². The first-order chi connectivity index (χ1) is 13.2. The normalized spacial score (nSPS) is 11.6. The highest BCUT2D eigenvalue weighted by molar-refractivity contribution is 5.78. The van der Waals surface area contributed by atoms with Gasteiger partial charge in [0.2, 0.25) is 0 Å². The van der Waals surface area contributed by atoms with Crippen molar-refractivity contribution in [3.8, 4) is 11.5 Å². The van der Waals surface area contributed by atoms with E-state index in [1.807, 2.05) is 67.2 Å². The summed E-state index contributed by atoms with van der Waals surface area (Å²) in [5.41, 5.74) is 0.959. The van der Waals surface area contributed by atoms with Crippen molar-refractivity contribution in [2.45, 2.75) is 13.0 Å². The van der Waals surface area contributed by atoms with Gasteiger partial charge < -0.3 is 19.4 Å². The molecule has 0 aliphatic heterocycles. The molecule has 2 aromatic carbocycles. The van der Waals surface area contributed by atoms with Crippen LogP contribution in [0.25, 0.3) is 0 Å². The Morgan fingerprint density at radius 1 is 1.07 bits per heavy atom. The summed E-state index contributed by atoms with van der Waals surface area (Å²) in [5, 5.41) is 3.01. The molecule has 1 atom stereocenters. The third-order valence-electron chi connectivity index (χ3n) is 4.06. The van der Waals surface area contributed by atoms with Crippen LogP contribution in [-0.4, -0.2) is 28.7 Å². The number of benzene rings is 2. The Morgan fingerprint density at radius 3 is 2.33 bits per heavy atom. The van der Waals surface area contributed by atoms with Gasteiger partial charge in [-0.25, -0.2) is 4.98 Å². The van der Waals surface area contributed by atoms with Gasteiger partial charge in [-0.15, -0.1) is 0 Å². The monoisotopic (exact) mass is 365 g/mol. The number of nitrogens with zero attached hydrogens (tertiary/aromatic N) is 2. The number of hydrogen-bond acceptors (Lipinski definition) is 4. The Balaban J connectivity index is 1.65. The van der Waals surface area contributed by atoms with Crippen molar-refractivity contribution < 1.29 is 14.3 Å². The molecular weight excluding hydrogens is 342 g/mol. The number of amides is 1. The van der Waals surface area contributed by atoms with Crippen molar-refractivity contribution in [3.05, 3.63) is 78.4 Å². The van der Waals surface area contributed by atoms with E-state index < -0.39 is 0 Å². The molecule has 6 nitrogen and oxygen atoms in total. The summed E-state index contributed by atoms with van der Waals surface area (Å²) in [4.78, 5) is 16.9. The van der Waals surface area contributed by atoms with Crippen molar-refractivity contribution in [1.82, 2.24) is 14.9 Å². The highest BCUT2D eigenvalue weighted by Gasteiger charge is 2.20. The number of ether oxygens (including phenoxy) is 2. The van der Waals surface area contributed by atoms with E-state index in [9.17, 15) is 4.79 Å². The molecule has 0 radical (unpaired) electrons. The molecule has 0 aliphatic rings. The van der Waals surface area contributed by atoms with Crippen LogP contribution in [-0.2, 0) is 11.8 Å². The number of hydrogen-bond donors (Lipinski definition) is 1. The zero-order valence-electron chi connectivity index (χ0n) is 15.5. The first kappa shape index (κ1) is 18.5. The molecule has 1 N–H and O–H groups in total. The van der Waals surface area contributed by atoms with Gasteiger partial charge in [-0.2, -0.15) is 0 Å². The van der Waals surface area contributed by atoms with Gasteiger partial charge in [0.25, 0.3) is 5.91 Å². The van der Waals surface area contributed by atoms with Crippen LogP contribution in [0.5, 0.6) is 11.5 Å². The molecule has 0 bridgehead atoms. The minimum Gasteiger partial charge on any atom is -0.494 e. The van der Waals surface area contributed by atoms with Crippen molar-refractivity contribution in [1.29, 1.82) is 0 Å². The second-order valence-electron chi connectivity index (χ2n) is 6.00. The number of carbonyl (C=O) groups excluding carboxylic acids is 1. The quantitative estimate of drug-likeness (QED) is 0.666. The average Bonchev–Trinajstić information content (AvgIpc) is 3.12. The van der Waals surface area contributed by atoms with Crippen LogP contribution in [0.3, 0.4) is 0 Å². The Labute approximate surface area is 158 Å². The fourth-order valence-electron chi connectivity index (χ4n) is 2.75. The molecule has 27 heavy (non-hydrogen) atoms. The van der Waals surface area contributed by atoms with Gasteiger partial charge in [0, 0.05) is 19.4 Å². The standard InChI is InChI=1S/C21H23N3O3/c1-3-26-17-9-11-18(12-10-17)27-15-19(25)23-20(16-7-5-4-6-8-16)21-22-13-14-24(21)2/h4-14,20H,3,15H2,1-2H3,(H,23,25)/t20-/m1/s1. The summed E-state index contributed by atoms with van der Waals surface area (Å²) < 4.78 is 12.9. The molecule has 0 fully saturated rings. The summed E-state index contributed by atoms with van der Waals surface area (Å²) in [6, 6.07) is 16.6. The van der Waals surface area contributed by atoms with Gasteiger partial charge in [-0.1, -0.05) is 30.3 Å². The molecule has 6 heteroatoms. The molecular formula is C21H23N3O3. The Bertz CT molecular complexity index is 860. The predicted octanol–water partition coefficient (Wildman–Crippen LogP) is 3.10. The maximum absolute atomic E-state index is 12.5. The Morgan fingerprint density at radius 2 is 1.74 bits per heavy atom. The fraction of sp³-hybridized carbons (Fsp3) is 0.238. The molecule has 0 saturated heterocycles. The minimum atomic E-state index is -0.345. The molecule has 1 heterocycles. The lowest BCUT2D eigenvalue weighted by atomic mass is 10.1. The van der Waals surface area contributed by atoms with E-state index in [1.165, 1.54) is 0 Å². The van der Waals surface area contributed by atoms with E-state index in [0.717, 1.165) is 17.1 Å². The number of aryl methyl sites for hydroxylation is 1. The molecule has 0 spiro atoms. The van der Waals surface area contributed by atoms with E-state index in [2.05, 4.69) is 10.3 Å². The molecule has 3 rings (SSSR count). The SMILES string of the molecule is CCOc1ccc(OCC(=O)N[C@H](c2ccccc2)c2nccn2C)cc1. The predicted molar refractivity (Wildman–Crippen MR) is 103 cm³/mol. The molecule has 140 valence electrons. The molecule has 0 unspecified atom stereocenters. The van der Waals surface area contributed by atoms with Gasteiger partial charge in [0.15, 0.2) is 6.61 Å². The van der Waals surface area contributed by atoms with Gasteiger partial charge in [-0.05, 0) is 36.8 Å². The minimum absolute atomic E-state index is 0.0816. The van der Waals surface area contributed by atoms with Gasteiger partial charge in [0.1, 0.15) is 23.4 Å². The third kappa shape index (κ3) is 4.88. The first-order valence-corrected chi connectivity index (χ1v) is 8.84. The molecule has 3 aromatic rings. The topological polar surface area (TPSA) is 65.4 Å². The molecule has 0 aliphatic carbocycles. The highest BCUT2D eigenvalue weighted by atomic mass is 16.5. The van der Waals surface area contributed by atoms with Gasteiger partial charge in [-0.3, -0.25) is 4.79 Å². The zero-order valence-corrected chi connectivity index (χ0v) is 15.5. The van der Waals surface area contributed by atoms with Crippen molar-refractivity contribution in [3.63, 3.8) is 0 Å². The number of imidazole rings is 1. The van der Waals surface area contributed by atoms with Crippen LogP contribution in [0.1, 0.15) is 24.4 Å². The Hall–Kier alpha value is -3.28. The lowest BCUT2D eigenvalue weighted by molar-refractivity contribution is -0.123. The largest absolute Gasteiger partial charge is 0.494 e. The number of aromatic nitrogens is 2. The van der Waals surface area contributed by atoms with Crippen LogP contribution in [0, 0.1) is 0 Å². The summed E-state index contributed by atoms with van der Waals surface area (Å²) in [6.07, 6.45) is 3.57. The van der Waals surface area contributed by atoms with E-state index >= 15 is 0 Å². The highest BCUT2D eigenvalue weighted by Crippen LogP contribution is 2.20. The second kappa shape index (κ2) is 8.89. The first-order valence-electron chi connectivity index (χ1n) is 8.84. The van der Waals surface area contributed by atoms with Gasteiger partial charge in [0.05, 0.1) is 6.61 Å². The smallest absolute Gasteiger partial charge is 0.258 e. The van der Waals surface area contributed by atoms with E-state index in [0.29, 0.717) is 12.4 Å². The van der Waals surface area contributed by atoms with Crippen molar-refractivity contribution in [2.24, 2.45) is 7.05 Å². The average molecular weight is 365 g/mol. The van der Waals surface area contributed by atoms with Crippen molar-refractivity contribution >= 4 is 5.91 Å². The number of rotatable bonds is 8. The summed E-state index contributed by atoms with van der Waals surface area (Å²) >= 11 is 0. The maximum Gasteiger partial charge on any atom is 0.258 e. The van der Waals surface area contributed by atoms with Crippen LogP contribution in [0.4, 0.5) is 0 Å².